The molecule has 0 spiro atoms. The molecule has 0 saturated carbocycles. The Kier molecular flexibility index (Phi) is 12.5. The van der Waals surface area contributed by atoms with Crippen molar-refractivity contribution in [2.75, 3.05) is 14.7 Å². The van der Waals surface area contributed by atoms with E-state index in [-0.39, 0.29) is 44.6 Å². The lowest BCUT2D eigenvalue weighted by Crippen LogP contribution is -2.62. The summed E-state index contributed by atoms with van der Waals surface area (Å²) in [6.45, 7) is 34.7. The van der Waals surface area contributed by atoms with Gasteiger partial charge in [-0.1, -0.05) is 218 Å². The first kappa shape index (κ1) is 55.3. The number of benzene rings is 9. The Morgan fingerprint density at radius 1 is 0.341 bits per heavy atom. The number of hydrogen-bond acceptors (Lipinski definition) is 3. The first-order valence-electron chi connectivity index (χ1n) is 31.8. The van der Waals surface area contributed by atoms with Crippen LogP contribution in [-0.4, -0.2) is 6.71 Å². The number of para-hydroxylation sites is 2. The molecule has 4 heteroatoms. The zero-order valence-corrected chi connectivity index (χ0v) is 53.1. The lowest BCUT2D eigenvalue weighted by atomic mass is 9.32. The van der Waals surface area contributed by atoms with E-state index in [4.69, 9.17) is 0 Å². The van der Waals surface area contributed by atoms with Gasteiger partial charge in [0.05, 0.1) is 11.4 Å². The minimum absolute atomic E-state index is 0.00374. The third-order valence-electron chi connectivity index (χ3n) is 21.9. The molecular formula is C81H86BN3. The normalized spacial score (nSPS) is 18.7. The Hall–Kier alpha value is -7.56. The first-order chi connectivity index (χ1) is 40.4. The van der Waals surface area contributed by atoms with Gasteiger partial charge in [-0.3, -0.25) is 0 Å². The van der Waals surface area contributed by atoms with E-state index < -0.39 is 0 Å². The monoisotopic (exact) mass is 1110 g/mol. The summed E-state index contributed by atoms with van der Waals surface area (Å²) in [5.74, 6) is 0. The van der Waals surface area contributed by atoms with Crippen molar-refractivity contribution in [3.8, 4) is 11.1 Å². The molecule has 5 aliphatic rings. The fraction of sp³-hybridized carbons (Fsp3) is 0.333. The fourth-order valence-corrected chi connectivity index (χ4v) is 16.1. The molecule has 2 heterocycles. The summed E-state index contributed by atoms with van der Waals surface area (Å²) in [6, 6.07) is 75.6. The maximum atomic E-state index is 2.75. The topological polar surface area (TPSA) is 9.72 Å². The molecule has 0 atom stereocenters. The average Bonchev–Trinajstić information content (AvgIpc) is 0.726. The summed E-state index contributed by atoms with van der Waals surface area (Å²) in [6.07, 6.45) is 6.88. The molecule has 0 bridgehead atoms. The van der Waals surface area contributed by atoms with Gasteiger partial charge in [0.1, 0.15) is 0 Å². The number of hydrogen-bond donors (Lipinski definition) is 0. The zero-order chi connectivity index (χ0) is 59.4. The fourth-order valence-electron chi connectivity index (χ4n) is 16.1. The van der Waals surface area contributed by atoms with Crippen molar-refractivity contribution < 1.29 is 0 Å². The van der Waals surface area contributed by atoms with Crippen molar-refractivity contribution in [2.24, 2.45) is 0 Å². The molecular weight excluding hydrogens is 1030 g/mol. The Balaban J connectivity index is 1.17. The van der Waals surface area contributed by atoms with Crippen LogP contribution >= 0.6 is 0 Å². The average molecular weight is 1110 g/mol. The van der Waals surface area contributed by atoms with Gasteiger partial charge in [0.25, 0.3) is 6.71 Å². The quantitative estimate of drug-likeness (QED) is 0.140. The molecule has 0 aromatic heterocycles. The summed E-state index contributed by atoms with van der Waals surface area (Å²) in [5, 5.41) is 0. The second-order valence-corrected chi connectivity index (χ2v) is 30.5. The Morgan fingerprint density at radius 2 is 0.753 bits per heavy atom. The van der Waals surface area contributed by atoms with E-state index in [2.05, 4.69) is 306 Å². The van der Waals surface area contributed by atoms with Crippen LogP contribution in [0.4, 0.5) is 51.2 Å². The Bertz CT molecular complexity index is 4070. The first-order valence-corrected chi connectivity index (χ1v) is 31.8. The standard InChI is InChI=1S/C81H86BN3/c1-75(2)39-40-76(3,4)62-46-58(36-37-61(62)75)84-70-51-65-63(77(5,6)41-43-79(65,9)10)49-67(70)82-68-50-64-66(80(11,12)44-42-78(64,7)8)52-71(68)85(69-38-35-55(45-60(69)53-27-19-15-20-28-53)81(13,14)54-29-21-16-22-30-54)73-48-59(47-72(84)74(73)82)83(56-31-23-17-24-32-56)57-33-25-18-26-34-57/h15-38,45-52H,39-44H2,1-14H3. The predicted molar refractivity (Wildman–Crippen MR) is 365 cm³/mol. The highest BCUT2D eigenvalue weighted by molar-refractivity contribution is 7.00. The number of nitrogens with zero attached hydrogens (tertiary/aromatic N) is 3. The Labute approximate surface area is 509 Å². The van der Waals surface area contributed by atoms with Crippen LogP contribution in [0, 0.1) is 0 Å². The van der Waals surface area contributed by atoms with Gasteiger partial charge in [-0.15, -0.1) is 0 Å². The summed E-state index contributed by atoms with van der Waals surface area (Å²) >= 11 is 0. The van der Waals surface area contributed by atoms with Crippen LogP contribution in [0.25, 0.3) is 11.1 Å². The van der Waals surface area contributed by atoms with Crippen molar-refractivity contribution in [1.29, 1.82) is 0 Å². The summed E-state index contributed by atoms with van der Waals surface area (Å²) in [5.41, 5.74) is 28.6. The molecule has 0 saturated heterocycles. The molecule has 3 aliphatic carbocycles. The van der Waals surface area contributed by atoms with Gasteiger partial charge in [0.2, 0.25) is 0 Å². The second-order valence-electron chi connectivity index (χ2n) is 30.5. The number of fused-ring (bicyclic) bond motifs is 7. The molecule has 0 fully saturated rings. The van der Waals surface area contributed by atoms with Gasteiger partial charge in [0, 0.05) is 50.8 Å². The van der Waals surface area contributed by atoms with Crippen LogP contribution in [0.5, 0.6) is 0 Å². The van der Waals surface area contributed by atoms with Gasteiger partial charge in [-0.25, -0.2) is 0 Å². The minimum Gasteiger partial charge on any atom is -0.311 e. The van der Waals surface area contributed by atoms with Crippen LogP contribution < -0.4 is 31.1 Å². The molecule has 2 aliphatic heterocycles. The maximum absolute atomic E-state index is 2.75. The summed E-state index contributed by atoms with van der Waals surface area (Å²) in [7, 11) is 0. The van der Waals surface area contributed by atoms with E-state index in [1.165, 1.54) is 113 Å². The number of rotatable bonds is 8. The molecule has 0 unspecified atom stereocenters. The lowest BCUT2D eigenvalue weighted by molar-refractivity contribution is 0.332. The van der Waals surface area contributed by atoms with Gasteiger partial charge in [-0.2, -0.15) is 0 Å². The lowest BCUT2D eigenvalue weighted by Gasteiger charge is -2.49. The van der Waals surface area contributed by atoms with Gasteiger partial charge in [0.15, 0.2) is 0 Å². The van der Waals surface area contributed by atoms with E-state index in [1.54, 1.807) is 0 Å². The molecule has 85 heavy (non-hydrogen) atoms. The van der Waals surface area contributed by atoms with Gasteiger partial charge < -0.3 is 14.7 Å². The van der Waals surface area contributed by atoms with Crippen molar-refractivity contribution in [3.63, 3.8) is 0 Å². The SMILES string of the molecule is CC1(C)CCC(C)(C)c2cc(N3c4cc5c(cc4B4c6cc7c(cc6N(c6ccc(C(C)(C)c8ccccc8)cc6-c6ccccc6)c6cc(N(c8ccccc8)c8ccccc8)cc3c64)C(C)(C)CCC7(C)C)C(C)(C)CCC5(C)C)ccc21. The molecule has 0 N–H and O–H groups in total. The van der Waals surface area contributed by atoms with E-state index in [9.17, 15) is 0 Å². The third-order valence-corrected chi connectivity index (χ3v) is 21.9. The maximum Gasteiger partial charge on any atom is 0.252 e. The van der Waals surface area contributed by atoms with Crippen LogP contribution in [0.3, 0.4) is 0 Å². The number of anilines is 9. The largest absolute Gasteiger partial charge is 0.311 e. The van der Waals surface area contributed by atoms with Gasteiger partial charge >= 0.3 is 0 Å². The molecule has 14 rings (SSSR count). The highest BCUT2D eigenvalue weighted by Crippen LogP contribution is 2.56. The van der Waals surface area contributed by atoms with Crippen molar-refractivity contribution in [3.05, 3.63) is 239 Å². The smallest absolute Gasteiger partial charge is 0.252 e. The Morgan fingerprint density at radius 3 is 1.25 bits per heavy atom. The van der Waals surface area contributed by atoms with Crippen LogP contribution in [0.2, 0.25) is 0 Å². The van der Waals surface area contributed by atoms with Crippen LogP contribution in [0.15, 0.2) is 194 Å². The third kappa shape index (κ3) is 8.80. The molecule has 9 aromatic carbocycles. The highest BCUT2D eigenvalue weighted by atomic mass is 15.2. The summed E-state index contributed by atoms with van der Waals surface area (Å²) < 4.78 is 0. The molecule has 428 valence electrons. The van der Waals surface area contributed by atoms with Crippen molar-refractivity contribution in [1.82, 2.24) is 0 Å². The van der Waals surface area contributed by atoms with E-state index >= 15 is 0 Å². The predicted octanol–water partition coefficient (Wildman–Crippen LogP) is 20.3. The van der Waals surface area contributed by atoms with Crippen LogP contribution in [-0.2, 0) is 37.9 Å². The van der Waals surface area contributed by atoms with Gasteiger partial charge in [-0.05, 0) is 210 Å². The molecule has 9 aromatic rings. The van der Waals surface area contributed by atoms with E-state index in [0.717, 1.165) is 49.2 Å². The molecule has 0 amide bonds. The molecule has 3 nitrogen and oxygen atoms in total. The minimum atomic E-state index is -0.266. The second kappa shape index (κ2) is 19.2. The highest BCUT2D eigenvalue weighted by Gasteiger charge is 2.50. The van der Waals surface area contributed by atoms with E-state index in [0.29, 0.717) is 0 Å². The zero-order valence-electron chi connectivity index (χ0n) is 53.1. The van der Waals surface area contributed by atoms with Crippen molar-refractivity contribution in [2.45, 2.75) is 173 Å². The molecule has 0 radical (unpaired) electrons. The van der Waals surface area contributed by atoms with Crippen molar-refractivity contribution >= 4 is 74.3 Å². The van der Waals surface area contributed by atoms with E-state index in [1.807, 2.05) is 0 Å². The van der Waals surface area contributed by atoms with Crippen LogP contribution in [0.1, 0.15) is 180 Å². The summed E-state index contributed by atoms with van der Waals surface area (Å²) in [4.78, 5) is 8.00.